The van der Waals surface area contributed by atoms with Crippen LogP contribution in [0.2, 0.25) is 0 Å². The highest BCUT2D eigenvalue weighted by Gasteiger charge is 2.41. The predicted molar refractivity (Wildman–Crippen MR) is 91.2 cm³/mol. The summed E-state index contributed by atoms with van der Waals surface area (Å²) in [5.74, 6) is 0.787. The Balaban J connectivity index is 1.54. The number of methoxy groups -OCH3 is 2. The SMILES string of the molecule is COc1cc2cc(C(=O)N3CCC4(CC3)OCCO4)[nH]c2cc1OC. The molecular formula is C18H22N2O5. The molecule has 0 radical (unpaired) electrons. The van der Waals surface area contributed by atoms with Crippen molar-refractivity contribution in [2.45, 2.75) is 18.6 Å². The lowest BCUT2D eigenvalue weighted by atomic mass is 10.0. The number of hydrogen-bond donors (Lipinski definition) is 1. The van der Waals surface area contributed by atoms with Gasteiger partial charge in [-0.3, -0.25) is 4.79 Å². The standard InChI is InChI=1S/C18H22N2O5/c1-22-15-10-12-9-14(19-13(12)11-16(15)23-2)17(21)20-5-3-18(4-6-20)24-7-8-25-18/h9-11,19H,3-8H2,1-2H3. The lowest BCUT2D eigenvalue weighted by Crippen LogP contribution is -2.47. The molecule has 0 unspecified atom stereocenters. The van der Waals surface area contributed by atoms with Crippen molar-refractivity contribution in [3.8, 4) is 11.5 Å². The van der Waals surface area contributed by atoms with Crippen molar-refractivity contribution < 1.29 is 23.7 Å². The molecule has 7 nitrogen and oxygen atoms in total. The van der Waals surface area contributed by atoms with E-state index < -0.39 is 5.79 Å². The molecule has 7 heteroatoms. The van der Waals surface area contributed by atoms with Gasteiger partial charge in [0.2, 0.25) is 0 Å². The Labute approximate surface area is 145 Å². The van der Waals surface area contributed by atoms with Gasteiger partial charge in [0.15, 0.2) is 17.3 Å². The van der Waals surface area contributed by atoms with E-state index >= 15 is 0 Å². The van der Waals surface area contributed by atoms with Crippen molar-refractivity contribution in [3.63, 3.8) is 0 Å². The van der Waals surface area contributed by atoms with E-state index in [1.165, 1.54) is 0 Å². The van der Waals surface area contributed by atoms with Crippen molar-refractivity contribution in [1.82, 2.24) is 9.88 Å². The van der Waals surface area contributed by atoms with E-state index in [1.54, 1.807) is 14.2 Å². The Morgan fingerprint density at radius 3 is 2.36 bits per heavy atom. The highest BCUT2D eigenvalue weighted by molar-refractivity contribution is 5.98. The lowest BCUT2D eigenvalue weighted by Gasteiger charge is -2.37. The minimum atomic E-state index is -0.474. The van der Waals surface area contributed by atoms with E-state index in [-0.39, 0.29) is 5.91 Å². The average molecular weight is 346 g/mol. The molecule has 2 fully saturated rings. The van der Waals surface area contributed by atoms with Gasteiger partial charge >= 0.3 is 0 Å². The van der Waals surface area contributed by atoms with Gasteiger partial charge in [0.05, 0.1) is 27.4 Å². The number of hydrogen-bond acceptors (Lipinski definition) is 5. The molecule has 0 aliphatic carbocycles. The fraction of sp³-hybridized carbons (Fsp3) is 0.500. The van der Waals surface area contributed by atoms with E-state index in [4.69, 9.17) is 18.9 Å². The van der Waals surface area contributed by atoms with Crippen molar-refractivity contribution >= 4 is 16.8 Å². The summed E-state index contributed by atoms with van der Waals surface area (Å²) >= 11 is 0. The first-order valence-corrected chi connectivity index (χ1v) is 8.46. The smallest absolute Gasteiger partial charge is 0.270 e. The van der Waals surface area contributed by atoms with E-state index in [1.807, 2.05) is 23.1 Å². The number of aromatic amines is 1. The maximum atomic E-state index is 12.8. The van der Waals surface area contributed by atoms with Gasteiger partial charge in [-0.25, -0.2) is 0 Å². The second-order valence-corrected chi connectivity index (χ2v) is 6.38. The first-order valence-electron chi connectivity index (χ1n) is 8.46. The number of nitrogens with zero attached hydrogens (tertiary/aromatic N) is 1. The second-order valence-electron chi connectivity index (χ2n) is 6.38. The topological polar surface area (TPSA) is 73.0 Å². The van der Waals surface area contributed by atoms with E-state index in [2.05, 4.69) is 4.98 Å². The van der Waals surface area contributed by atoms with Crippen LogP contribution in [-0.2, 0) is 9.47 Å². The van der Waals surface area contributed by atoms with Crippen LogP contribution in [-0.4, -0.2) is 62.1 Å². The molecule has 2 aromatic rings. The van der Waals surface area contributed by atoms with E-state index in [9.17, 15) is 4.79 Å². The summed E-state index contributed by atoms with van der Waals surface area (Å²) in [4.78, 5) is 17.9. The van der Waals surface area contributed by atoms with E-state index in [0.717, 1.165) is 10.9 Å². The zero-order chi connectivity index (χ0) is 17.4. The van der Waals surface area contributed by atoms with Crippen LogP contribution >= 0.6 is 0 Å². The van der Waals surface area contributed by atoms with Crippen LogP contribution < -0.4 is 9.47 Å². The number of rotatable bonds is 3. The Kier molecular flexibility index (Phi) is 4.05. The third kappa shape index (κ3) is 2.83. The molecule has 1 amide bonds. The minimum absolute atomic E-state index is 0.0121. The average Bonchev–Trinajstić information content (AvgIpc) is 3.27. The highest BCUT2D eigenvalue weighted by Crippen LogP contribution is 2.34. The zero-order valence-electron chi connectivity index (χ0n) is 14.5. The molecular weight excluding hydrogens is 324 g/mol. The summed E-state index contributed by atoms with van der Waals surface area (Å²) in [6, 6.07) is 5.57. The third-order valence-corrected chi connectivity index (χ3v) is 4.98. The molecule has 1 N–H and O–H groups in total. The maximum absolute atomic E-state index is 12.8. The Hall–Kier alpha value is -2.25. The maximum Gasteiger partial charge on any atom is 0.270 e. The Bertz CT molecular complexity index is 743. The number of aromatic nitrogens is 1. The monoisotopic (exact) mass is 346 g/mol. The summed E-state index contributed by atoms with van der Waals surface area (Å²) in [5, 5.41) is 0.914. The van der Waals surface area contributed by atoms with Crippen LogP contribution in [0.15, 0.2) is 18.2 Å². The fourth-order valence-electron chi connectivity index (χ4n) is 3.58. The third-order valence-electron chi connectivity index (χ3n) is 4.98. The molecule has 1 aromatic carbocycles. The molecule has 2 saturated heterocycles. The summed E-state index contributed by atoms with van der Waals surface area (Å²) in [7, 11) is 3.19. The number of nitrogens with one attached hydrogen (secondary N) is 1. The normalized spacial score (nSPS) is 19.5. The predicted octanol–water partition coefficient (Wildman–Crippen LogP) is 2.16. The van der Waals surface area contributed by atoms with Crippen molar-refractivity contribution in [1.29, 1.82) is 0 Å². The summed E-state index contributed by atoms with van der Waals surface area (Å²) in [6.07, 6.45) is 1.42. The van der Waals surface area contributed by atoms with Crippen LogP contribution in [0.1, 0.15) is 23.3 Å². The summed E-state index contributed by atoms with van der Waals surface area (Å²) in [6.45, 7) is 2.53. The van der Waals surface area contributed by atoms with Gasteiger partial charge in [0.25, 0.3) is 5.91 Å². The molecule has 25 heavy (non-hydrogen) atoms. The van der Waals surface area contributed by atoms with Gasteiger partial charge in [-0.2, -0.15) is 0 Å². The fourth-order valence-corrected chi connectivity index (χ4v) is 3.58. The first-order chi connectivity index (χ1) is 12.1. The lowest BCUT2D eigenvalue weighted by molar-refractivity contribution is -0.181. The number of likely N-dealkylation sites (tertiary alicyclic amines) is 1. The summed E-state index contributed by atoms with van der Waals surface area (Å²) < 4.78 is 22.1. The molecule has 2 aliphatic rings. The van der Waals surface area contributed by atoms with E-state index in [0.29, 0.717) is 56.3 Å². The van der Waals surface area contributed by atoms with Crippen LogP contribution in [0.3, 0.4) is 0 Å². The van der Waals surface area contributed by atoms with Gasteiger partial charge in [0.1, 0.15) is 5.69 Å². The quantitative estimate of drug-likeness (QED) is 0.922. The van der Waals surface area contributed by atoms with Gasteiger partial charge in [-0.05, 0) is 12.1 Å². The molecule has 2 aliphatic heterocycles. The number of carbonyl (C=O) groups is 1. The highest BCUT2D eigenvalue weighted by atomic mass is 16.7. The number of benzene rings is 1. The van der Waals surface area contributed by atoms with Gasteiger partial charge < -0.3 is 28.8 Å². The molecule has 0 bridgehead atoms. The number of ether oxygens (including phenoxy) is 4. The van der Waals surface area contributed by atoms with Crippen molar-refractivity contribution in [2.75, 3.05) is 40.5 Å². The van der Waals surface area contributed by atoms with Gasteiger partial charge in [-0.15, -0.1) is 0 Å². The molecule has 0 saturated carbocycles. The Morgan fingerprint density at radius 1 is 1.08 bits per heavy atom. The zero-order valence-corrected chi connectivity index (χ0v) is 14.5. The summed E-state index contributed by atoms with van der Waals surface area (Å²) in [5.41, 5.74) is 1.41. The Morgan fingerprint density at radius 2 is 1.72 bits per heavy atom. The number of carbonyl (C=O) groups excluding carboxylic acids is 1. The number of fused-ring (bicyclic) bond motifs is 1. The van der Waals surface area contributed by atoms with Crippen LogP contribution in [0.4, 0.5) is 0 Å². The van der Waals surface area contributed by atoms with Crippen LogP contribution in [0.25, 0.3) is 10.9 Å². The molecule has 3 heterocycles. The molecule has 4 rings (SSSR count). The minimum Gasteiger partial charge on any atom is -0.493 e. The number of amides is 1. The number of piperidine rings is 1. The van der Waals surface area contributed by atoms with Crippen LogP contribution in [0, 0.1) is 0 Å². The molecule has 0 atom stereocenters. The number of H-pyrrole nitrogens is 1. The first kappa shape index (κ1) is 16.2. The van der Waals surface area contributed by atoms with Gasteiger partial charge in [0, 0.05) is 42.9 Å². The molecule has 134 valence electrons. The largest absolute Gasteiger partial charge is 0.493 e. The van der Waals surface area contributed by atoms with Crippen LogP contribution in [0.5, 0.6) is 11.5 Å². The van der Waals surface area contributed by atoms with Crippen molar-refractivity contribution in [2.24, 2.45) is 0 Å². The van der Waals surface area contributed by atoms with Crippen molar-refractivity contribution in [3.05, 3.63) is 23.9 Å². The molecule has 1 spiro atoms. The second kappa shape index (κ2) is 6.24. The molecule has 1 aromatic heterocycles. The van der Waals surface area contributed by atoms with Gasteiger partial charge in [-0.1, -0.05) is 0 Å².